The van der Waals surface area contributed by atoms with Crippen molar-refractivity contribution in [2.24, 2.45) is 5.92 Å². The summed E-state index contributed by atoms with van der Waals surface area (Å²) < 4.78 is 16.1. The van der Waals surface area contributed by atoms with Crippen molar-refractivity contribution in [2.75, 3.05) is 6.61 Å². The fraction of sp³-hybridized carbons (Fsp3) is 0.300. The minimum atomic E-state index is -1.12. The minimum absolute atomic E-state index is 0.239. The van der Waals surface area contributed by atoms with Crippen LogP contribution in [0.4, 0.5) is 0 Å². The molecule has 0 unspecified atom stereocenters. The lowest BCUT2D eigenvalue weighted by atomic mass is 9.67. The molecule has 0 saturated heterocycles. The number of cyclic esters (lactones) is 1. The van der Waals surface area contributed by atoms with E-state index in [4.69, 9.17) is 13.9 Å². The Kier molecular flexibility index (Phi) is 4.74. The topological polar surface area (TPSA) is 65.7 Å². The van der Waals surface area contributed by atoms with Gasteiger partial charge >= 0.3 is 11.9 Å². The van der Waals surface area contributed by atoms with Crippen LogP contribution in [0.2, 0.25) is 0 Å². The lowest BCUT2D eigenvalue weighted by Crippen LogP contribution is -2.49. The van der Waals surface area contributed by atoms with Crippen LogP contribution >= 0.6 is 0 Å². The van der Waals surface area contributed by atoms with Gasteiger partial charge in [-0.3, -0.25) is 9.59 Å². The van der Waals surface area contributed by atoms with Gasteiger partial charge in [-0.25, -0.2) is 0 Å². The summed E-state index contributed by atoms with van der Waals surface area (Å²) in [6.07, 6.45) is 3.53. The van der Waals surface area contributed by atoms with E-state index in [9.17, 15) is 9.59 Å². The maximum Gasteiger partial charge on any atom is 0.323 e. The second kappa shape index (κ2) is 6.97. The minimum Gasteiger partial charge on any atom is -0.465 e. The number of hydrogen-bond donors (Lipinski definition) is 0. The molecule has 1 aromatic heterocycles. The van der Waals surface area contributed by atoms with Crippen LogP contribution in [0.5, 0.6) is 0 Å². The predicted octanol–water partition coefficient (Wildman–Crippen LogP) is 3.70. The van der Waals surface area contributed by atoms with E-state index < -0.39 is 23.3 Å². The normalized spacial score (nSPS) is 22.9. The standard InChI is InChI=1S/C20H20O5/c1-3-20(14-9-6-5-7-10-14)15(18(21)23-4-2)13-17(25-19(20)22)16-11-8-12-24-16/h5-13,15H,3-4H2,1-2H3/t15-,20-/m0/s1. The van der Waals surface area contributed by atoms with Crippen molar-refractivity contribution in [3.8, 4) is 0 Å². The molecule has 130 valence electrons. The highest BCUT2D eigenvalue weighted by atomic mass is 16.6. The molecule has 0 fully saturated rings. The molecule has 0 N–H and O–H groups in total. The van der Waals surface area contributed by atoms with Crippen LogP contribution in [0.15, 0.2) is 59.2 Å². The fourth-order valence-corrected chi connectivity index (χ4v) is 3.30. The van der Waals surface area contributed by atoms with Crippen LogP contribution in [-0.2, 0) is 24.5 Å². The van der Waals surface area contributed by atoms with Crippen LogP contribution in [0.1, 0.15) is 31.6 Å². The van der Waals surface area contributed by atoms with Gasteiger partial charge < -0.3 is 13.9 Å². The van der Waals surface area contributed by atoms with E-state index in [0.29, 0.717) is 12.2 Å². The summed E-state index contributed by atoms with van der Waals surface area (Å²) in [5.41, 5.74) is -0.390. The smallest absolute Gasteiger partial charge is 0.323 e. The Morgan fingerprint density at radius 1 is 1.16 bits per heavy atom. The molecule has 0 radical (unpaired) electrons. The van der Waals surface area contributed by atoms with Crippen molar-refractivity contribution in [1.29, 1.82) is 0 Å². The third-order valence-corrected chi connectivity index (χ3v) is 4.57. The molecule has 2 aromatic rings. The van der Waals surface area contributed by atoms with E-state index in [0.717, 1.165) is 5.56 Å². The van der Waals surface area contributed by atoms with Crippen LogP contribution in [-0.4, -0.2) is 18.5 Å². The molecule has 5 heteroatoms. The molecule has 2 atom stereocenters. The molecule has 2 heterocycles. The zero-order chi connectivity index (χ0) is 17.9. The third-order valence-electron chi connectivity index (χ3n) is 4.57. The van der Waals surface area contributed by atoms with Gasteiger partial charge in [-0.1, -0.05) is 37.3 Å². The van der Waals surface area contributed by atoms with Crippen LogP contribution < -0.4 is 0 Å². The monoisotopic (exact) mass is 340 g/mol. The molecule has 0 saturated carbocycles. The SMILES string of the molecule is CCOC(=O)[C@@H]1C=C(c2ccco2)OC(=O)[C@@]1(CC)c1ccccc1. The molecule has 1 aliphatic rings. The molecule has 0 amide bonds. The fourth-order valence-electron chi connectivity index (χ4n) is 3.30. The molecule has 0 spiro atoms. The van der Waals surface area contributed by atoms with Gasteiger partial charge in [0.2, 0.25) is 0 Å². The van der Waals surface area contributed by atoms with Gasteiger partial charge in [0.05, 0.1) is 18.8 Å². The third kappa shape index (κ3) is 2.86. The van der Waals surface area contributed by atoms with Crippen molar-refractivity contribution in [1.82, 2.24) is 0 Å². The summed E-state index contributed by atoms with van der Waals surface area (Å²) in [6, 6.07) is 12.6. The number of rotatable bonds is 5. The summed E-state index contributed by atoms with van der Waals surface area (Å²) in [7, 11) is 0. The van der Waals surface area contributed by atoms with Crippen molar-refractivity contribution in [3.63, 3.8) is 0 Å². The summed E-state index contributed by atoms with van der Waals surface area (Å²) in [6.45, 7) is 3.85. The largest absolute Gasteiger partial charge is 0.465 e. The quantitative estimate of drug-likeness (QED) is 0.777. The van der Waals surface area contributed by atoms with Gasteiger partial charge in [0.25, 0.3) is 0 Å². The van der Waals surface area contributed by atoms with Gasteiger partial charge in [-0.05, 0) is 37.1 Å². The number of carbonyl (C=O) groups is 2. The van der Waals surface area contributed by atoms with Crippen LogP contribution in [0.25, 0.3) is 5.76 Å². The predicted molar refractivity (Wildman–Crippen MR) is 91.3 cm³/mol. The lowest BCUT2D eigenvalue weighted by molar-refractivity contribution is -0.159. The zero-order valence-corrected chi connectivity index (χ0v) is 14.2. The average Bonchev–Trinajstić information content (AvgIpc) is 3.17. The van der Waals surface area contributed by atoms with Crippen molar-refractivity contribution < 1.29 is 23.5 Å². The van der Waals surface area contributed by atoms with Crippen LogP contribution in [0.3, 0.4) is 0 Å². The summed E-state index contributed by atoms with van der Waals surface area (Å²) in [4.78, 5) is 25.8. The zero-order valence-electron chi connectivity index (χ0n) is 14.2. The number of esters is 2. The van der Waals surface area contributed by atoms with E-state index in [-0.39, 0.29) is 12.4 Å². The van der Waals surface area contributed by atoms with Gasteiger partial charge in [-0.2, -0.15) is 0 Å². The van der Waals surface area contributed by atoms with Crippen molar-refractivity contribution in [3.05, 3.63) is 66.1 Å². The number of carbonyl (C=O) groups excluding carboxylic acids is 2. The van der Waals surface area contributed by atoms with Crippen molar-refractivity contribution >= 4 is 17.7 Å². The highest BCUT2D eigenvalue weighted by molar-refractivity contribution is 5.97. The number of hydrogen-bond acceptors (Lipinski definition) is 5. The van der Waals surface area contributed by atoms with E-state index in [2.05, 4.69) is 0 Å². The second-order valence-electron chi connectivity index (χ2n) is 5.82. The molecular weight excluding hydrogens is 320 g/mol. The molecule has 3 rings (SSSR count). The first-order chi connectivity index (χ1) is 12.1. The van der Waals surface area contributed by atoms with E-state index in [1.165, 1.54) is 6.26 Å². The molecular formula is C20H20O5. The Morgan fingerprint density at radius 2 is 1.92 bits per heavy atom. The van der Waals surface area contributed by atoms with E-state index in [1.807, 2.05) is 37.3 Å². The van der Waals surface area contributed by atoms with Crippen LogP contribution in [0, 0.1) is 5.92 Å². The van der Waals surface area contributed by atoms with Gasteiger partial charge in [-0.15, -0.1) is 0 Å². The van der Waals surface area contributed by atoms with Gasteiger partial charge in [0, 0.05) is 0 Å². The Bertz CT molecular complexity index is 776. The number of ether oxygens (including phenoxy) is 2. The first kappa shape index (κ1) is 17.0. The Hall–Kier alpha value is -2.82. The average molecular weight is 340 g/mol. The molecule has 25 heavy (non-hydrogen) atoms. The summed E-state index contributed by atoms with van der Waals surface area (Å²) in [5, 5.41) is 0. The summed E-state index contributed by atoms with van der Waals surface area (Å²) >= 11 is 0. The number of furan rings is 1. The maximum absolute atomic E-state index is 13.1. The van der Waals surface area contributed by atoms with E-state index in [1.54, 1.807) is 25.1 Å². The molecule has 0 bridgehead atoms. The Morgan fingerprint density at radius 3 is 2.52 bits per heavy atom. The van der Waals surface area contributed by atoms with E-state index >= 15 is 0 Å². The Balaban J connectivity index is 2.15. The maximum atomic E-state index is 13.1. The first-order valence-corrected chi connectivity index (χ1v) is 8.33. The molecule has 0 aliphatic carbocycles. The first-order valence-electron chi connectivity index (χ1n) is 8.33. The highest BCUT2D eigenvalue weighted by Crippen LogP contribution is 2.44. The van der Waals surface area contributed by atoms with Crippen molar-refractivity contribution in [2.45, 2.75) is 25.7 Å². The lowest BCUT2D eigenvalue weighted by Gasteiger charge is -2.38. The second-order valence-corrected chi connectivity index (χ2v) is 5.82. The number of benzene rings is 1. The summed E-state index contributed by atoms with van der Waals surface area (Å²) in [5.74, 6) is -1.07. The molecule has 1 aromatic carbocycles. The molecule has 5 nitrogen and oxygen atoms in total. The highest BCUT2D eigenvalue weighted by Gasteiger charge is 2.53. The molecule has 1 aliphatic heterocycles. The Labute approximate surface area is 146 Å². The van der Waals surface area contributed by atoms with Gasteiger partial charge in [0.15, 0.2) is 11.5 Å². The van der Waals surface area contributed by atoms with Gasteiger partial charge in [0.1, 0.15) is 5.41 Å².